The first-order valence-corrected chi connectivity index (χ1v) is 7.27. The first kappa shape index (κ1) is 13.8. The Morgan fingerprint density at radius 2 is 1.95 bits per heavy atom. The van der Waals surface area contributed by atoms with Crippen LogP contribution in [0.3, 0.4) is 0 Å². The molecule has 0 amide bonds. The minimum atomic E-state index is -0.595. The quantitative estimate of drug-likeness (QED) is 0.758. The lowest BCUT2D eigenvalue weighted by Gasteiger charge is -2.06. The van der Waals surface area contributed by atoms with Gasteiger partial charge in [0.1, 0.15) is 11.5 Å². The fourth-order valence-electron chi connectivity index (χ4n) is 2.25. The Balaban J connectivity index is 1.66. The van der Waals surface area contributed by atoms with Crippen LogP contribution in [-0.4, -0.2) is 0 Å². The highest BCUT2D eigenvalue weighted by atomic mass is 35.5. The lowest BCUT2D eigenvalue weighted by Crippen LogP contribution is -1.98. The van der Waals surface area contributed by atoms with Gasteiger partial charge in [-0.3, -0.25) is 0 Å². The molecule has 1 N–H and O–H groups in total. The Kier molecular flexibility index (Phi) is 3.65. The maximum absolute atomic E-state index is 13.3. The monoisotopic (exact) mass is 313 g/mol. The molecule has 0 radical (unpaired) electrons. The van der Waals surface area contributed by atoms with Crippen LogP contribution in [0.5, 0.6) is 0 Å². The standard InChI is InChI=1S/C15H14Cl2FNO/c1-8-4-11(8)14-3-2-10(20-14)7-19-9-5-12(16)15(18)13(17)6-9/h2-3,5-6,8,11,19H,4,7H2,1H3. The van der Waals surface area contributed by atoms with E-state index in [9.17, 15) is 4.39 Å². The molecule has 5 heteroatoms. The normalized spacial score (nSPS) is 21.0. The molecule has 1 aromatic carbocycles. The lowest BCUT2D eigenvalue weighted by molar-refractivity contribution is 0.468. The Morgan fingerprint density at radius 3 is 2.55 bits per heavy atom. The first-order valence-electron chi connectivity index (χ1n) is 6.51. The van der Waals surface area contributed by atoms with Crippen LogP contribution in [-0.2, 0) is 6.54 Å². The number of benzene rings is 1. The Morgan fingerprint density at radius 1 is 1.30 bits per heavy atom. The molecule has 1 aliphatic rings. The minimum absolute atomic E-state index is 0.00643. The van der Waals surface area contributed by atoms with Crippen LogP contribution in [0.25, 0.3) is 0 Å². The van der Waals surface area contributed by atoms with E-state index in [0.29, 0.717) is 18.2 Å². The summed E-state index contributed by atoms with van der Waals surface area (Å²) < 4.78 is 19.1. The fourth-order valence-corrected chi connectivity index (χ4v) is 2.74. The zero-order valence-corrected chi connectivity index (χ0v) is 12.4. The fraction of sp³-hybridized carbons (Fsp3) is 0.333. The van der Waals surface area contributed by atoms with Crippen molar-refractivity contribution < 1.29 is 8.81 Å². The van der Waals surface area contributed by atoms with E-state index in [1.165, 1.54) is 18.6 Å². The second-order valence-electron chi connectivity index (χ2n) is 5.23. The van der Waals surface area contributed by atoms with Gasteiger partial charge in [0.2, 0.25) is 0 Å². The second-order valence-corrected chi connectivity index (χ2v) is 6.05. The van der Waals surface area contributed by atoms with Gasteiger partial charge in [-0.15, -0.1) is 0 Å². The van der Waals surface area contributed by atoms with Crippen LogP contribution in [0.1, 0.15) is 30.8 Å². The summed E-state index contributed by atoms with van der Waals surface area (Å²) >= 11 is 11.5. The van der Waals surface area contributed by atoms with E-state index in [0.717, 1.165) is 17.4 Å². The molecule has 0 bridgehead atoms. The summed E-state index contributed by atoms with van der Waals surface area (Å²) in [6.45, 7) is 2.73. The molecule has 2 unspecified atom stereocenters. The van der Waals surface area contributed by atoms with Gasteiger partial charge in [-0.1, -0.05) is 30.1 Å². The van der Waals surface area contributed by atoms with E-state index in [-0.39, 0.29) is 10.0 Å². The predicted octanol–water partition coefficient (Wildman–Crippen LogP) is 5.46. The van der Waals surface area contributed by atoms with E-state index in [4.69, 9.17) is 27.6 Å². The Hall–Kier alpha value is -1.19. The van der Waals surface area contributed by atoms with Crippen molar-refractivity contribution in [3.8, 4) is 0 Å². The summed E-state index contributed by atoms with van der Waals surface area (Å²) in [7, 11) is 0. The van der Waals surface area contributed by atoms with E-state index < -0.39 is 5.82 Å². The van der Waals surface area contributed by atoms with Gasteiger partial charge in [0.25, 0.3) is 0 Å². The molecule has 3 rings (SSSR count). The van der Waals surface area contributed by atoms with Gasteiger partial charge in [-0.2, -0.15) is 0 Å². The molecule has 0 spiro atoms. The highest BCUT2D eigenvalue weighted by molar-refractivity contribution is 6.35. The Labute approximate surface area is 126 Å². The van der Waals surface area contributed by atoms with Gasteiger partial charge >= 0.3 is 0 Å². The molecule has 1 heterocycles. The molecule has 0 aliphatic heterocycles. The first-order chi connectivity index (χ1) is 9.54. The van der Waals surface area contributed by atoms with Crippen molar-refractivity contribution >= 4 is 28.9 Å². The highest BCUT2D eigenvalue weighted by Gasteiger charge is 2.36. The van der Waals surface area contributed by atoms with E-state index in [1.54, 1.807) is 0 Å². The van der Waals surface area contributed by atoms with Crippen LogP contribution in [0.4, 0.5) is 10.1 Å². The third-order valence-corrected chi connectivity index (χ3v) is 4.16. The summed E-state index contributed by atoms with van der Waals surface area (Å²) in [5.41, 5.74) is 0.666. The number of anilines is 1. The van der Waals surface area contributed by atoms with Gasteiger partial charge in [0.15, 0.2) is 5.82 Å². The van der Waals surface area contributed by atoms with Crippen LogP contribution in [0, 0.1) is 11.7 Å². The van der Waals surface area contributed by atoms with Crippen LogP contribution in [0.2, 0.25) is 10.0 Å². The molecule has 20 heavy (non-hydrogen) atoms. The topological polar surface area (TPSA) is 25.2 Å². The molecule has 0 saturated heterocycles. The Bertz CT molecular complexity index is 618. The van der Waals surface area contributed by atoms with Gasteiger partial charge in [0, 0.05) is 11.6 Å². The number of hydrogen-bond donors (Lipinski definition) is 1. The van der Waals surface area contributed by atoms with Crippen LogP contribution < -0.4 is 5.32 Å². The average Bonchev–Trinajstić information content (AvgIpc) is 2.96. The van der Waals surface area contributed by atoms with Gasteiger partial charge in [-0.05, 0) is 36.6 Å². The molecule has 2 atom stereocenters. The number of halogens is 3. The van der Waals surface area contributed by atoms with Crippen molar-refractivity contribution in [1.29, 1.82) is 0 Å². The lowest BCUT2D eigenvalue weighted by atomic mass is 10.3. The highest BCUT2D eigenvalue weighted by Crippen LogP contribution is 2.47. The number of rotatable bonds is 4. The van der Waals surface area contributed by atoms with Crippen LogP contribution in [0.15, 0.2) is 28.7 Å². The molecular weight excluding hydrogens is 300 g/mol. The number of nitrogens with one attached hydrogen (secondary N) is 1. The van der Waals surface area contributed by atoms with E-state index >= 15 is 0 Å². The maximum atomic E-state index is 13.3. The zero-order chi connectivity index (χ0) is 14.3. The molecule has 1 fully saturated rings. The molecule has 1 saturated carbocycles. The summed E-state index contributed by atoms with van der Waals surface area (Å²) in [4.78, 5) is 0. The molecule has 2 aromatic rings. The van der Waals surface area contributed by atoms with Crippen LogP contribution >= 0.6 is 23.2 Å². The van der Waals surface area contributed by atoms with Gasteiger partial charge in [-0.25, -0.2) is 4.39 Å². The number of hydrogen-bond acceptors (Lipinski definition) is 2. The average molecular weight is 314 g/mol. The summed E-state index contributed by atoms with van der Waals surface area (Å²) in [6, 6.07) is 7.00. The maximum Gasteiger partial charge on any atom is 0.160 e. The molecule has 1 aromatic heterocycles. The largest absolute Gasteiger partial charge is 0.464 e. The van der Waals surface area contributed by atoms with Crippen molar-refractivity contribution in [2.24, 2.45) is 5.92 Å². The van der Waals surface area contributed by atoms with E-state index in [2.05, 4.69) is 12.2 Å². The van der Waals surface area contributed by atoms with E-state index in [1.807, 2.05) is 12.1 Å². The summed E-state index contributed by atoms with van der Waals surface area (Å²) in [5, 5.41) is 3.14. The third-order valence-electron chi connectivity index (χ3n) is 3.61. The number of furan rings is 1. The summed E-state index contributed by atoms with van der Waals surface area (Å²) in [5.74, 6) is 2.58. The molecule has 106 valence electrons. The van der Waals surface area contributed by atoms with Crippen molar-refractivity contribution in [3.05, 3.63) is 51.6 Å². The van der Waals surface area contributed by atoms with Gasteiger partial charge < -0.3 is 9.73 Å². The minimum Gasteiger partial charge on any atom is -0.464 e. The second kappa shape index (κ2) is 5.30. The smallest absolute Gasteiger partial charge is 0.160 e. The van der Waals surface area contributed by atoms with Crippen molar-refractivity contribution in [3.63, 3.8) is 0 Å². The van der Waals surface area contributed by atoms with Crippen molar-refractivity contribution in [1.82, 2.24) is 0 Å². The summed E-state index contributed by atoms with van der Waals surface area (Å²) in [6.07, 6.45) is 1.20. The van der Waals surface area contributed by atoms with Crippen molar-refractivity contribution in [2.75, 3.05) is 5.32 Å². The molecular formula is C15H14Cl2FNO. The molecule has 2 nitrogen and oxygen atoms in total. The predicted molar refractivity (Wildman–Crippen MR) is 79.0 cm³/mol. The SMILES string of the molecule is CC1CC1c1ccc(CNc2cc(Cl)c(F)c(Cl)c2)o1. The zero-order valence-electron chi connectivity index (χ0n) is 10.9. The molecule has 1 aliphatic carbocycles. The third kappa shape index (κ3) is 2.79. The van der Waals surface area contributed by atoms with Crippen molar-refractivity contribution in [2.45, 2.75) is 25.8 Å². The van der Waals surface area contributed by atoms with Gasteiger partial charge in [0.05, 0.1) is 16.6 Å².